The minimum absolute atomic E-state index is 0.0249. The molecule has 0 aromatic carbocycles. The van der Waals surface area contributed by atoms with Gasteiger partial charge in [0.25, 0.3) is 0 Å². The number of aliphatic hydroxyl groups excluding tert-OH is 1. The molecule has 110 valence electrons. The van der Waals surface area contributed by atoms with Crippen molar-refractivity contribution in [3.05, 3.63) is 41.2 Å². The Balaban J connectivity index is 2.14. The number of aryl methyl sites for hydroxylation is 2. The van der Waals surface area contributed by atoms with E-state index in [9.17, 15) is 13.5 Å². The summed E-state index contributed by atoms with van der Waals surface area (Å²) >= 11 is 0. The van der Waals surface area contributed by atoms with Gasteiger partial charge in [-0.3, -0.25) is 0 Å². The Labute approximate surface area is 117 Å². The second-order valence-corrected chi connectivity index (χ2v) is 6.11. The van der Waals surface area contributed by atoms with Crippen LogP contribution < -0.4 is 4.72 Å². The topological polar surface area (TPSA) is 92.7 Å². The maximum Gasteiger partial charge on any atom is 0.244 e. The zero-order chi connectivity index (χ0) is 14.8. The van der Waals surface area contributed by atoms with E-state index in [1.54, 1.807) is 26.0 Å². The number of nitrogens with one attached hydrogen (secondary N) is 1. The van der Waals surface area contributed by atoms with Crippen molar-refractivity contribution in [1.82, 2.24) is 4.72 Å². The highest BCUT2D eigenvalue weighted by molar-refractivity contribution is 7.89. The van der Waals surface area contributed by atoms with Crippen LogP contribution >= 0.6 is 0 Å². The maximum atomic E-state index is 12.3. The van der Waals surface area contributed by atoms with E-state index in [1.165, 1.54) is 6.26 Å². The molecule has 6 nitrogen and oxygen atoms in total. The monoisotopic (exact) mass is 299 g/mol. The van der Waals surface area contributed by atoms with Gasteiger partial charge in [-0.15, -0.1) is 0 Å². The Bertz CT molecular complexity index is 670. The third-order valence-electron chi connectivity index (χ3n) is 3.00. The highest BCUT2D eigenvalue weighted by atomic mass is 32.2. The van der Waals surface area contributed by atoms with Crippen molar-refractivity contribution in [1.29, 1.82) is 0 Å². The lowest BCUT2D eigenvalue weighted by Gasteiger charge is -2.06. The van der Waals surface area contributed by atoms with Crippen LogP contribution in [0, 0.1) is 13.8 Å². The number of furan rings is 2. The Morgan fingerprint density at radius 1 is 1.30 bits per heavy atom. The predicted octanol–water partition coefficient (Wildman–Crippen LogP) is 1.50. The molecule has 0 saturated heterocycles. The number of aliphatic hydroxyl groups is 1. The van der Waals surface area contributed by atoms with E-state index in [4.69, 9.17) is 8.83 Å². The standard InChI is InChI=1S/C13H17NO5S/c1-9-12(8-15)13(10(2)19-9)20(16,17)14-6-5-11-4-3-7-18-11/h3-4,7,14-15H,5-6,8H2,1-2H3. The molecule has 0 fully saturated rings. The molecule has 2 heterocycles. The average molecular weight is 299 g/mol. The Morgan fingerprint density at radius 2 is 2.05 bits per heavy atom. The van der Waals surface area contributed by atoms with Crippen LogP contribution in [0.3, 0.4) is 0 Å². The number of rotatable bonds is 6. The fraction of sp³-hybridized carbons (Fsp3) is 0.385. The molecule has 2 rings (SSSR count). The molecule has 0 spiro atoms. The summed E-state index contributed by atoms with van der Waals surface area (Å²) in [4.78, 5) is 0.0249. The first-order valence-corrected chi connectivity index (χ1v) is 7.66. The first kappa shape index (κ1) is 14.8. The van der Waals surface area contributed by atoms with Gasteiger partial charge in [-0.25, -0.2) is 13.1 Å². The van der Waals surface area contributed by atoms with Crippen LogP contribution in [0.2, 0.25) is 0 Å². The van der Waals surface area contributed by atoms with Gasteiger partial charge in [0.2, 0.25) is 10.0 Å². The van der Waals surface area contributed by atoms with Crippen molar-refractivity contribution in [2.24, 2.45) is 0 Å². The van der Waals surface area contributed by atoms with Crippen LogP contribution in [-0.4, -0.2) is 20.1 Å². The molecule has 0 atom stereocenters. The SMILES string of the molecule is Cc1oc(C)c(S(=O)(=O)NCCc2ccco2)c1CO. The van der Waals surface area contributed by atoms with E-state index in [1.807, 2.05) is 0 Å². The quantitative estimate of drug-likeness (QED) is 0.843. The Kier molecular flexibility index (Phi) is 4.32. The smallest absolute Gasteiger partial charge is 0.244 e. The summed E-state index contributed by atoms with van der Waals surface area (Å²) in [7, 11) is -3.71. The Hall–Kier alpha value is -1.57. The van der Waals surface area contributed by atoms with Gasteiger partial charge in [-0.05, 0) is 26.0 Å². The molecule has 0 unspecified atom stereocenters. The van der Waals surface area contributed by atoms with Crippen molar-refractivity contribution < 1.29 is 22.4 Å². The van der Waals surface area contributed by atoms with Crippen LogP contribution in [0.25, 0.3) is 0 Å². The van der Waals surface area contributed by atoms with Gasteiger partial charge >= 0.3 is 0 Å². The predicted molar refractivity (Wildman–Crippen MR) is 71.7 cm³/mol. The van der Waals surface area contributed by atoms with E-state index in [0.29, 0.717) is 23.5 Å². The third kappa shape index (κ3) is 2.95. The van der Waals surface area contributed by atoms with Crippen molar-refractivity contribution in [3.8, 4) is 0 Å². The largest absolute Gasteiger partial charge is 0.469 e. The fourth-order valence-corrected chi connectivity index (χ4v) is 3.55. The van der Waals surface area contributed by atoms with Crippen LogP contribution in [0.1, 0.15) is 22.8 Å². The molecule has 0 saturated carbocycles. The lowest BCUT2D eigenvalue weighted by molar-refractivity contribution is 0.276. The second kappa shape index (κ2) is 5.82. The zero-order valence-corrected chi connectivity index (χ0v) is 12.2. The molecule has 0 aliphatic heterocycles. The van der Waals surface area contributed by atoms with Crippen molar-refractivity contribution >= 4 is 10.0 Å². The van der Waals surface area contributed by atoms with E-state index < -0.39 is 10.0 Å². The first-order chi connectivity index (χ1) is 9.45. The summed E-state index contributed by atoms with van der Waals surface area (Å²) in [5.41, 5.74) is 0.299. The van der Waals surface area contributed by atoms with Gasteiger partial charge in [0.15, 0.2) is 0 Å². The first-order valence-electron chi connectivity index (χ1n) is 6.17. The molecule has 0 bridgehead atoms. The van der Waals surface area contributed by atoms with E-state index >= 15 is 0 Å². The summed E-state index contributed by atoms with van der Waals surface area (Å²) in [5, 5.41) is 9.28. The molecule has 2 aromatic heterocycles. The lowest BCUT2D eigenvalue weighted by atomic mass is 10.2. The summed E-state index contributed by atoms with van der Waals surface area (Å²) in [6.07, 6.45) is 1.99. The van der Waals surface area contributed by atoms with E-state index in [2.05, 4.69) is 4.72 Å². The number of hydrogen-bond donors (Lipinski definition) is 2. The van der Waals surface area contributed by atoms with Crippen LogP contribution in [0.4, 0.5) is 0 Å². The van der Waals surface area contributed by atoms with Gasteiger partial charge in [0.05, 0.1) is 12.9 Å². The summed E-state index contributed by atoms with van der Waals surface area (Å²) in [6.45, 7) is 3.02. The minimum atomic E-state index is -3.71. The van der Waals surface area contributed by atoms with Gasteiger partial charge in [-0.2, -0.15) is 0 Å². The number of hydrogen-bond acceptors (Lipinski definition) is 5. The highest BCUT2D eigenvalue weighted by Crippen LogP contribution is 2.26. The van der Waals surface area contributed by atoms with Gasteiger partial charge in [0.1, 0.15) is 22.2 Å². The van der Waals surface area contributed by atoms with Crippen LogP contribution in [0.5, 0.6) is 0 Å². The minimum Gasteiger partial charge on any atom is -0.469 e. The average Bonchev–Trinajstić information content (AvgIpc) is 2.96. The van der Waals surface area contributed by atoms with Gasteiger partial charge in [0, 0.05) is 18.5 Å². The summed E-state index contributed by atoms with van der Waals surface area (Å²) in [5.74, 6) is 1.39. The van der Waals surface area contributed by atoms with E-state index in [-0.39, 0.29) is 23.8 Å². The molecule has 2 N–H and O–H groups in total. The maximum absolute atomic E-state index is 12.3. The third-order valence-corrected chi connectivity index (χ3v) is 4.65. The summed E-state index contributed by atoms with van der Waals surface area (Å²) in [6, 6.07) is 3.53. The molecule has 0 radical (unpaired) electrons. The van der Waals surface area contributed by atoms with Crippen molar-refractivity contribution in [2.45, 2.75) is 31.8 Å². The Morgan fingerprint density at radius 3 is 2.65 bits per heavy atom. The molecule has 0 aliphatic rings. The van der Waals surface area contributed by atoms with Crippen LogP contribution in [0.15, 0.2) is 32.1 Å². The molecule has 0 amide bonds. The van der Waals surface area contributed by atoms with Gasteiger partial charge < -0.3 is 13.9 Å². The molecular weight excluding hydrogens is 282 g/mol. The lowest BCUT2D eigenvalue weighted by Crippen LogP contribution is -2.27. The van der Waals surface area contributed by atoms with Crippen LogP contribution in [-0.2, 0) is 23.1 Å². The molecular formula is C13H17NO5S. The molecule has 2 aromatic rings. The van der Waals surface area contributed by atoms with Gasteiger partial charge in [-0.1, -0.05) is 0 Å². The second-order valence-electron chi connectivity index (χ2n) is 4.41. The zero-order valence-electron chi connectivity index (χ0n) is 11.3. The molecule has 0 aliphatic carbocycles. The molecule has 7 heteroatoms. The summed E-state index contributed by atoms with van der Waals surface area (Å²) < 4.78 is 37.4. The number of sulfonamides is 1. The highest BCUT2D eigenvalue weighted by Gasteiger charge is 2.26. The fourth-order valence-electron chi connectivity index (χ4n) is 2.08. The normalized spacial score (nSPS) is 11.9. The van der Waals surface area contributed by atoms with Crippen molar-refractivity contribution in [3.63, 3.8) is 0 Å². The van der Waals surface area contributed by atoms with E-state index in [0.717, 1.165) is 0 Å². The molecule has 20 heavy (non-hydrogen) atoms. The van der Waals surface area contributed by atoms with Crippen molar-refractivity contribution in [2.75, 3.05) is 6.54 Å².